The molecular weight excluding hydrogens is 276 g/mol. The second-order valence-corrected chi connectivity index (χ2v) is 8.28. The summed E-state index contributed by atoms with van der Waals surface area (Å²) in [7, 11) is -3.31. The van der Waals surface area contributed by atoms with Gasteiger partial charge in [-0.15, -0.1) is 0 Å². The minimum absolute atomic E-state index is 0.00378. The lowest BCUT2D eigenvalue weighted by atomic mass is 9.95. The standard InChI is InChI=1S/C14H24N2O3S/c1-10(2)19-12-9-7-6-8-11(12)13(16-15)14(3,4)20(5,17)18/h6-10,13,16H,15H2,1-5H3. The first kappa shape index (κ1) is 16.9. The highest BCUT2D eigenvalue weighted by Crippen LogP contribution is 2.36. The molecule has 0 aliphatic heterocycles. The molecule has 114 valence electrons. The number of para-hydroxylation sites is 1. The average Bonchev–Trinajstić information content (AvgIpc) is 2.29. The average molecular weight is 300 g/mol. The van der Waals surface area contributed by atoms with Crippen molar-refractivity contribution in [3.8, 4) is 5.75 Å². The first-order valence-electron chi connectivity index (χ1n) is 6.52. The molecule has 0 aliphatic rings. The molecule has 20 heavy (non-hydrogen) atoms. The van der Waals surface area contributed by atoms with Crippen molar-refractivity contribution in [2.45, 2.75) is 44.6 Å². The Bertz CT molecular complexity index is 553. The molecular formula is C14H24N2O3S. The van der Waals surface area contributed by atoms with Gasteiger partial charge in [0.05, 0.1) is 16.9 Å². The maximum absolute atomic E-state index is 12.0. The van der Waals surface area contributed by atoms with Crippen molar-refractivity contribution in [3.05, 3.63) is 29.8 Å². The van der Waals surface area contributed by atoms with E-state index in [2.05, 4.69) is 5.43 Å². The van der Waals surface area contributed by atoms with Gasteiger partial charge in [0.2, 0.25) is 0 Å². The quantitative estimate of drug-likeness (QED) is 0.618. The number of benzene rings is 1. The molecule has 0 spiro atoms. The Hall–Kier alpha value is -1.11. The van der Waals surface area contributed by atoms with Gasteiger partial charge in [0.25, 0.3) is 0 Å². The lowest BCUT2D eigenvalue weighted by molar-refractivity contribution is 0.236. The van der Waals surface area contributed by atoms with E-state index in [9.17, 15) is 8.42 Å². The Labute approximate surface area is 121 Å². The van der Waals surface area contributed by atoms with E-state index in [4.69, 9.17) is 10.6 Å². The molecule has 3 N–H and O–H groups in total. The van der Waals surface area contributed by atoms with Gasteiger partial charge >= 0.3 is 0 Å². The van der Waals surface area contributed by atoms with Gasteiger partial charge in [-0.25, -0.2) is 8.42 Å². The Morgan fingerprint density at radius 2 is 1.80 bits per heavy atom. The lowest BCUT2D eigenvalue weighted by Crippen LogP contribution is -2.47. The minimum atomic E-state index is -3.31. The summed E-state index contributed by atoms with van der Waals surface area (Å²) in [5.41, 5.74) is 3.35. The molecule has 0 bridgehead atoms. The summed E-state index contributed by atoms with van der Waals surface area (Å²) >= 11 is 0. The van der Waals surface area contributed by atoms with Crippen molar-refractivity contribution < 1.29 is 13.2 Å². The van der Waals surface area contributed by atoms with Crippen LogP contribution in [-0.4, -0.2) is 25.5 Å². The zero-order chi connectivity index (χ0) is 15.6. The smallest absolute Gasteiger partial charge is 0.154 e. The molecule has 1 unspecified atom stereocenters. The molecule has 1 atom stereocenters. The summed E-state index contributed by atoms with van der Waals surface area (Å²) < 4.78 is 28.7. The summed E-state index contributed by atoms with van der Waals surface area (Å²) in [4.78, 5) is 0. The van der Waals surface area contributed by atoms with E-state index >= 15 is 0 Å². The number of ether oxygens (including phenoxy) is 1. The Kier molecular flexibility index (Phi) is 5.18. The number of hydrogen-bond donors (Lipinski definition) is 2. The topological polar surface area (TPSA) is 81.4 Å². The van der Waals surface area contributed by atoms with Crippen LogP contribution < -0.4 is 16.0 Å². The van der Waals surface area contributed by atoms with Gasteiger partial charge in [-0.2, -0.15) is 0 Å². The van der Waals surface area contributed by atoms with Crippen molar-refractivity contribution in [1.29, 1.82) is 0 Å². The third kappa shape index (κ3) is 3.50. The monoisotopic (exact) mass is 300 g/mol. The molecule has 0 aromatic heterocycles. The number of hydrogen-bond acceptors (Lipinski definition) is 5. The van der Waals surface area contributed by atoms with Crippen LogP contribution in [0.25, 0.3) is 0 Å². The fourth-order valence-corrected chi connectivity index (χ4v) is 2.58. The molecule has 0 radical (unpaired) electrons. The van der Waals surface area contributed by atoms with Crippen LogP contribution in [0.2, 0.25) is 0 Å². The number of nitrogens with two attached hydrogens (primary N) is 1. The highest BCUT2D eigenvalue weighted by molar-refractivity contribution is 7.92. The van der Waals surface area contributed by atoms with Crippen molar-refractivity contribution in [1.82, 2.24) is 5.43 Å². The predicted octanol–water partition coefficient (Wildman–Crippen LogP) is 1.80. The molecule has 0 saturated carbocycles. The van der Waals surface area contributed by atoms with Gasteiger partial charge in [-0.05, 0) is 33.8 Å². The number of sulfone groups is 1. The van der Waals surface area contributed by atoms with Crippen LogP contribution in [0, 0.1) is 0 Å². The zero-order valence-electron chi connectivity index (χ0n) is 12.7. The SMILES string of the molecule is CC(C)Oc1ccccc1C(NN)C(C)(C)S(C)(=O)=O. The van der Waals surface area contributed by atoms with Crippen molar-refractivity contribution in [2.24, 2.45) is 5.84 Å². The molecule has 0 saturated heterocycles. The van der Waals surface area contributed by atoms with Crippen LogP contribution in [0.15, 0.2) is 24.3 Å². The van der Waals surface area contributed by atoms with Gasteiger partial charge in [-0.1, -0.05) is 18.2 Å². The minimum Gasteiger partial charge on any atom is -0.491 e. The largest absolute Gasteiger partial charge is 0.491 e. The van der Waals surface area contributed by atoms with E-state index in [0.29, 0.717) is 5.75 Å². The van der Waals surface area contributed by atoms with Crippen LogP contribution in [0.3, 0.4) is 0 Å². The van der Waals surface area contributed by atoms with Gasteiger partial charge in [-0.3, -0.25) is 11.3 Å². The van der Waals surface area contributed by atoms with E-state index in [0.717, 1.165) is 5.56 Å². The fourth-order valence-electron chi connectivity index (χ4n) is 1.96. The molecule has 0 fully saturated rings. The molecule has 0 amide bonds. The summed E-state index contributed by atoms with van der Waals surface area (Å²) in [6.07, 6.45) is 1.21. The van der Waals surface area contributed by atoms with Crippen LogP contribution in [0.5, 0.6) is 5.75 Å². The highest BCUT2D eigenvalue weighted by Gasteiger charge is 2.40. The maximum atomic E-state index is 12.0. The molecule has 1 rings (SSSR count). The molecule has 1 aromatic carbocycles. The van der Waals surface area contributed by atoms with E-state index in [1.807, 2.05) is 38.1 Å². The van der Waals surface area contributed by atoms with Crippen molar-refractivity contribution in [2.75, 3.05) is 6.26 Å². The van der Waals surface area contributed by atoms with E-state index in [-0.39, 0.29) is 6.10 Å². The van der Waals surface area contributed by atoms with Crippen LogP contribution >= 0.6 is 0 Å². The van der Waals surface area contributed by atoms with E-state index in [1.165, 1.54) is 6.26 Å². The van der Waals surface area contributed by atoms with Gasteiger partial charge in [0, 0.05) is 11.8 Å². The summed E-state index contributed by atoms with van der Waals surface area (Å²) in [5, 5.41) is 0. The summed E-state index contributed by atoms with van der Waals surface area (Å²) in [6.45, 7) is 7.14. The number of nitrogens with one attached hydrogen (secondary N) is 1. The zero-order valence-corrected chi connectivity index (χ0v) is 13.5. The third-order valence-corrected chi connectivity index (χ3v) is 5.56. The Morgan fingerprint density at radius 3 is 2.25 bits per heavy atom. The second kappa shape index (κ2) is 6.11. The van der Waals surface area contributed by atoms with Gasteiger partial charge < -0.3 is 4.74 Å². The highest BCUT2D eigenvalue weighted by atomic mass is 32.2. The van der Waals surface area contributed by atoms with Crippen LogP contribution in [-0.2, 0) is 9.84 Å². The summed E-state index contributed by atoms with van der Waals surface area (Å²) in [5.74, 6) is 6.26. The van der Waals surface area contributed by atoms with E-state index in [1.54, 1.807) is 13.8 Å². The molecule has 0 aliphatic carbocycles. The van der Waals surface area contributed by atoms with Gasteiger partial charge in [0.1, 0.15) is 5.75 Å². The predicted molar refractivity (Wildman–Crippen MR) is 81.2 cm³/mol. The first-order chi connectivity index (χ1) is 9.11. The number of hydrazine groups is 1. The van der Waals surface area contributed by atoms with Gasteiger partial charge in [0.15, 0.2) is 9.84 Å². The Morgan fingerprint density at radius 1 is 1.25 bits per heavy atom. The van der Waals surface area contributed by atoms with Crippen molar-refractivity contribution >= 4 is 9.84 Å². The summed E-state index contributed by atoms with van der Waals surface area (Å²) in [6, 6.07) is 6.77. The molecule has 1 aromatic rings. The van der Waals surface area contributed by atoms with Crippen LogP contribution in [0.4, 0.5) is 0 Å². The molecule has 6 heteroatoms. The molecule has 5 nitrogen and oxygen atoms in total. The number of rotatable bonds is 6. The molecule has 0 heterocycles. The Balaban J connectivity index is 3.33. The lowest BCUT2D eigenvalue weighted by Gasteiger charge is -2.33. The maximum Gasteiger partial charge on any atom is 0.154 e. The van der Waals surface area contributed by atoms with Crippen LogP contribution in [0.1, 0.15) is 39.3 Å². The second-order valence-electron chi connectivity index (χ2n) is 5.68. The first-order valence-corrected chi connectivity index (χ1v) is 8.41. The van der Waals surface area contributed by atoms with E-state index < -0.39 is 20.6 Å². The third-order valence-electron chi connectivity index (χ3n) is 3.41. The van der Waals surface area contributed by atoms with Crippen molar-refractivity contribution in [3.63, 3.8) is 0 Å². The fraction of sp³-hybridized carbons (Fsp3) is 0.571. The normalized spacial score (nSPS) is 14.3.